The number of nitrogens with zero attached hydrogens (tertiary/aromatic N) is 7. The van der Waals surface area contributed by atoms with Crippen molar-refractivity contribution in [3.8, 4) is 28.3 Å². The van der Waals surface area contributed by atoms with Crippen molar-refractivity contribution in [2.45, 2.75) is 6.42 Å². The third-order valence-corrected chi connectivity index (χ3v) is 6.68. The van der Waals surface area contributed by atoms with Gasteiger partial charge in [-0.15, -0.1) is 0 Å². The van der Waals surface area contributed by atoms with Gasteiger partial charge in [-0.25, -0.2) is 10.1 Å². The average Bonchev–Trinajstić information content (AvgIpc) is 3.56. The minimum Gasteiger partial charge on any atom is -0.753 e. The Kier molecular flexibility index (Phi) is 14.1. The zero-order valence-corrected chi connectivity index (χ0v) is 28.3. The molecule has 2 aromatic carbocycles. The van der Waals surface area contributed by atoms with Crippen molar-refractivity contribution < 1.29 is 44.0 Å². The van der Waals surface area contributed by atoms with Gasteiger partial charge in [0.25, 0.3) is 6.47 Å². The first kappa shape index (κ1) is 37.6. The maximum atomic E-state index is 10.8. The predicted molar refractivity (Wildman–Crippen MR) is 185 cm³/mol. The van der Waals surface area contributed by atoms with Crippen LogP contribution in [0.1, 0.15) is 21.5 Å². The van der Waals surface area contributed by atoms with Crippen LogP contribution in [0.3, 0.4) is 0 Å². The predicted octanol–water partition coefficient (Wildman–Crippen LogP) is 6.21. The first-order valence-electron chi connectivity index (χ1n) is 13.6. The van der Waals surface area contributed by atoms with Crippen LogP contribution in [0.25, 0.3) is 38.6 Å². The maximum Gasteiger partial charge on any atom is 2.00 e. The number of nitriles is 1. The largest absolute Gasteiger partial charge is 2.00 e. The zero-order chi connectivity index (χ0) is 34.5. The van der Waals surface area contributed by atoms with Crippen molar-refractivity contribution in [3.05, 3.63) is 120 Å². The number of carbonyl (C=O) groups is 2. The molecule has 1 aliphatic heterocycles. The van der Waals surface area contributed by atoms with Gasteiger partial charge in [0.05, 0.1) is 39.4 Å². The van der Waals surface area contributed by atoms with Gasteiger partial charge in [-0.05, 0) is 71.8 Å². The molecule has 12 nitrogen and oxygen atoms in total. The van der Waals surface area contributed by atoms with E-state index in [1.165, 1.54) is 52.8 Å². The summed E-state index contributed by atoms with van der Waals surface area (Å²) in [6, 6.07) is 21.0. The number of carbonyl (C=O) groups excluding carboxylic acids is 1. The molecule has 2 N–H and O–H groups in total. The van der Waals surface area contributed by atoms with E-state index in [0.717, 1.165) is 45.2 Å². The van der Waals surface area contributed by atoms with Crippen molar-refractivity contribution in [1.82, 2.24) is 19.9 Å². The number of fused-ring (bicyclic) bond motifs is 6. The zero-order valence-electron chi connectivity index (χ0n) is 24.9. The number of thiocarbonyl (C=S) groups is 1. The number of isothiocyanates is 1. The van der Waals surface area contributed by atoms with E-state index in [4.69, 9.17) is 20.8 Å². The number of phenolic OH excluding ortho intramolecular Hbond substituents is 1. The number of aliphatic imine (C=N–C) groups is 1. The molecule has 5 heterocycles. The van der Waals surface area contributed by atoms with Crippen LogP contribution in [0, 0.1) is 10.7 Å². The van der Waals surface area contributed by atoms with E-state index in [0.29, 0.717) is 23.6 Å². The van der Waals surface area contributed by atoms with E-state index in [9.17, 15) is 14.7 Å². The van der Waals surface area contributed by atoms with Crippen LogP contribution < -0.4 is 4.74 Å². The molecule has 0 atom stereocenters. The normalized spacial score (nSPS) is 10.4. The molecule has 0 amide bonds. The fourth-order valence-corrected chi connectivity index (χ4v) is 4.77. The Morgan fingerprint density at radius 2 is 1.49 bits per heavy atom. The molecule has 49 heavy (non-hydrogen) atoms. The molecule has 6 aromatic rings. The smallest absolute Gasteiger partial charge is 0.753 e. The standard InChI is InChI=1S/C20H13N3O.C12H8N2O4.CHNS.CNS.Ru/c24-13-7-5-12(6-8-13)17-11-16-14-3-1-9-21-19(14)20-15(18(16)23-17)4-2-10-22-20;15-7-18-9-2-4-14-11(6-9)10-5-8(12(16)17)1-3-13-10;2*2-1-3;/h1-10,24H,11H2;1-7H,(H,16,17);3H;;/q;;;-1;+2/p-1. The van der Waals surface area contributed by atoms with Crippen LogP contribution in [0.4, 0.5) is 5.69 Å². The van der Waals surface area contributed by atoms with Gasteiger partial charge >= 0.3 is 25.4 Å². The molecule has 15 heteroatoms. The van der Waals surface area contributed by atoms with Crippen molar-refractivity contribution >= 4 is 75.7 Å². The van der Waals surface area contributed by atoms with Crippen LogP contribution in [-0.2, 0) is 43.3 Å². The van der Waals surface area contributed by atoms with Gasteiger partial charge in [0.15, 0.2) is 0 Å². The van der Waals surface area contributed by atoms with Gasteiger partial charge in [0.1, 0.15) is 11.5 Å². The van der Waals surface area contributed by atoms with Gasteiger partial charge in [0.2, 0.25) is 0 Å². The first-order valence-corrected chi connectivity index (χ1v) is 14.5. The van der Waals surface area contributed by atoms with Crippen LogP contribution in [0.15, 0.2) is 103 Å². The number of phenols is 1. The molecule has 0 saturated carbocycles. The van der Waals surface area contributed by atoms with Crippen molar-refractivity contribution in [2.24, 2.45) is 4.99 Å². The SMILES string of the molecule is N#C[S-].O=COc1ccnc(-c2cc(C(=O)O)ccn2)c1.Oc1ccc(C2=Nc3c(c4cccnc4c4ncccc34)C2)cc1.[N-]=C=S.[Ru+2]. The van der Waals surface area contributed by atoms with Gasteiger partial charge in [-0.1, -0.05) is 23.7 Å². The van der Waals surface area contributed by atoms with E-state index in [2.05, 4.69) is 61.7 Å². The Morgan fingerprint density at radius 1 is 0.918 bits per heavy atom. The van der Waals surface area contributed by atoms with Gasteiger partial charge < -0.3 is 33.0 Å². The summed E-state index contributed by atoms with van der Waals surface area (Å²) in [5.74, 6) is -0.462. The van der Waals surface area contributed by atoms with Gasteiger partial charge in [0, 0.05) is 48.0 Å². The molecule has 0 bridgehead atoms. The van der Waals surface area contributed by atoms with Crippen LogP contribution in [0.2, 0.25) is 0 Å². The summed E-state index contributed by atoms with van der Waals surface area (Å²) in [6.45, 7) is 0.306. The molecule has 0 radical (unpaired) electrons. The van der Waals surface area contributed by atoms with E-state index in [-0.39, 0.29) is 30.8 Å². The molecular weight excluding hydrogens is 752 g/mol. The minimum absolute atomic E-state index is 0. The number of aromatic hydroxyl groups is 1. The van der Waals surface area contributed by atoms with Crippen LogP contribution in [0.5, 0.6) is 11.5 Å². The average molecular weight is 773 g/mol. The molecule has 0 unspecified atom stereocenters. The summed E-state index contributed by atoms with van der Waals surface area (Å²) in [5, 5.41) is 37.5. The van der Waals surface area contributed by atoms with E-state index in [1.807, 2.05) is 24.3 Å². The molecule has 4 aromatic heterocycles. The molecule has 0 spiro atoms. The molecule has 0 saturated heterocycles. The molecule has 0 fully saturated rings. The third-order valence-electron chi connectivity index (χ3n) is 6.68. The molecule has 1 aliphatic rings. The molecule has 7 rings (SSSR count). The fraction of sp³-hybridized carbons (Fsp3) is 0.0294. The maximum absolute atomic E-state index is 10.8. The summed E-state index contributed by atoms with van der Waals surface area (Å²) in [6.07, 6.45) is 7.19. The summed E-state index contributed by atoms with van der Waals surface area (Å²) in [7, 11) is 0. The first-order chi connectivity index (χ1) is 23.3. The number of carboxylic acids is 1. The number of hydrogen-bond donors (Lipinski definition) is 2. The summed E-state index contributed by atoms with van der Waals surface area (Å²) >= 11 is 7.40. The Morgan fingerprint density at radius 3 is 2.10 bits per heavy atom. The third kappa shape index (κ3) is 9.35. The van der Waals surface area contributed by atoms with E-state index < -0.39 is 5.97 Å². The van der Waals surface area contributed by atoms with Crippen molar-refractivity contribution in [3.63, 3.8) is 0 Å². The number of carboxylic acid groups (broad SMARTS) is 1. The summed E-state index contributed by atoms with van der Waals surface area (Å²) in [4.78, 5) is 43.1. The monoisotopic (exact) mass is 773 g/mol. The molecule has 0 aliphatic carbocycles. The Balaban J connectivity index is 0.000000232. The minimum atomic E-state index is -1.04. The second-order valence-electron chi connectivity index (χ2n) is 9.42. The second-order valence-corrected chi connectivity index (χ2v) is 9.78. The Bertz CT molecular complexity index is 2220. The quantitative estimate of drug-likeness (QED) is 0.0383. The van der Waals surface area contributed by atoms with Crippen LogP contribution in [-0.4, -0.2) is 53.5 Å². The summed E-state index contributed by atoms with van der Waals surface area (Å²) < 4.78 is 4.68. The number of aromatic nitrogens is 4. The van der Waals surface area contributed by atoms with E-state index in [1.54, 1.807) is 24.5 Å². The number of aromatic carboxylic acids is 1. The molecule has 242 valence electrons. The number of benzene rings is 2. The number of thiocyanates is 1. The Hall–Kier alpha value is -5.90. The van der Waals surface area contributed by atoms with Crippen LogP contribution >= 0.6 is 12.2 Å². The van der Waals surface area contributed by atoms with Crippen molar-refractivity contribution in [1.29, 1.82) is 5.26 Å². The van der Waals surface area contributed by atoms with Gasteiger partial charge in [-0.2, -0.15) is 5.16 Å². The second kappa shape index (κ2) is 18.4. The van der Waals surface area contributed by atoms with Crippen molar-refractivity contribution in [2.75, 3.05) is 0 Å². The number of rotatable bonds is 5. The van der Waals surface area contributed by atoms with E-state index >= 15 is 0 Å². The summed E-state index contributed by atoms with van der Waals surface area (Å²) in [5.41, 5.74) is 6.97. The molecular formula is C34H21N7O5RuS2. The number of hydrogen-bond acceptors (Lipinski definition) is 12. The topological polar surface area (TPSA) is 194 Å². The number of pyridine rings is 4. The Labute approximate surface area is 302 Å². The fourth-order valence-electron chi connectivity index (χ4n) is 4.77. The van der Waals surface area contributed by atoms with Gasteiger partial charge in [-0.3, -0.25) is 29.7 Å². The number of ether oxygens (including phenoxy) is 1.